The molecule has 1 heterocycles. The van der Waals surface area contributed by atoms with Crippen LogP contribution in [-0.4, -0.2) is 18.9 Å². The van der Waals surface area contributed by atoms with Gasteiger partial charge in [0.15, 0.2) is 17.7 Å². The molecule has 1 aromatic heterocycles. The zero-order valence-electron chi connectivity index (χ0n) is 10.3. The molecular weight excluding hydrogens is 419 g/mol. The highest BCUT2D eigenvalue weighted by molar-refractivity contribution is 14.1. The molecule has 0 aliphatic rings. The van der Waals surface area contributed by atoms with Crippen LogP contribution >= 0.6 is 45.8 Å². The van der Waals surface area contributed by atoms with Gasteiger partial charge in [0.1, 0.15) is 5.82 Å². The van der Waals surface area contributed by atoms with Crippen molar-refractivity contribution in [3.63, 3.8) is 0 Å². The predicted molar refractivity (Wildman–Crippen MR) is 84.9 cm³/mol. The lowest BCUT2D eigenvalue weighted by Gasteiger charge is -2.11. The average molecular weight is 428 g/mol. The maximum absolute atomic E-state index is 13.8. The highest BCUT2D eigenvalue weighted by Crippen LogP contribution is 2.34. The first-order valence-corrected chi connectivity index (χ1v) is 7.29. The molecule has 2 rings (SSSR count). The number of methoxy groups -OCH3 is 1. The fraction of sp³-hybridized carbons (Fsp3) is 0.154. The van der Waals surface area contributed by atoms with E-state index in [1.165, 1.54) is 25.3 Å². The number of pyridine rings is 1. The van der Waals surface area contributed by atoms with Gasteiger partial charge in [-0.15, -0.1) is 0 Å². The van der Waals surface area contributed by atoms with Crippen molar-refractivity contribution in [3.05, 3.63) is 43.8 Å². The molecule has 0 aliphatic carbocycles. The Balaban J connectivity index is 2.46. The van der Waals surface area contributed by atoms with E-state index in [1.54, 1.807) is 6.07 Å². The third kappa shape index (κ3) is 3.52. The van der Waals surface area contributed by atoms with Crippen molar-refractivity contribution in [1.29, 1.82) is 0 Å². The van der Waals surface area contributed by atoms with Gasteiger partial charge < -0.3 is 9.47 Å². The minimum atomic E-state index is -0.417. The maximum atomic E-state index is 13.8. The van der Waals surface area contributed by atoms with E-state index in [4.69, 9.17) is 32.7 Å². The summed E-state index contributed by atoms with van der Waals surface area (Å²) in [4.78, 5) is 4.14. The molecule has 1 aromatic carbocycles. The Morgan fingerprint density at radius 1 is 1.30 bits per heavy atom. The van der Waals surface area contributed by atoms with Gasteiger partial charge in [-0.25, -0.2) is 9.37 Å². The molecule has 0 saturated heterocycles. The Kier molecular flexibility index (Phi) is 5.42. The largest absolute Gasteiger partial charge is 0.463 e. The van der Waals surface area contributed by atoms with Gasteiger partial charge in [-0.2, -0.15) is 0 Å². The van der Waals surface area contributed by atoms with Crippen LogP contribution in [0, 0.1) is 9.39 Å². The van der Waals surface area contributed by atoms with Crippen LogP contribution in [0.3, 0.4) is 0 Å². The summed E-state index contributed by atoms with van der Waals surface area (Å²) in [7, 11) is 1.50. The summed E-state index contributed by atoms with van der Waals surface area (Å²) < 4.78 is 24.7. The Morgan fingerprint density at radius 3 is 2.70 bits per heavy atom. The molecule has 0 unspecified atom stereocenters. The van der Waals surface area contributed by atoms with Crippen LogP contribution in [0.2, 0.25) is 10.2 Å². The Morgan fingerprint density at radius 2 is 2.05 bits per heavy atom. The molecule has 0 atom stereocenters. The monoisotopic (exact) mass is 427 g/mol. The van der Waals surface area contributed by atoms with Crippen LogP contribution in [-0.2, 0) is 4.74 Å². The van der Waals surface area contributed by atoms with Gasteiger partial charge in [0.2, 0.25) is 0 Å². The number of hydrogen-bond donors (Lipinski definition) is 0. The third-order valence-electron chi connectivity index (χ3n) is 2.41. The summed E-state index contributed by atoms with van der Waals surface area (Å²) in [6.45, 7) is 0.0578. The Labute approximate surface area is 139 Å². The number of rotatable bonds is 4. The van der Waals surface area contributed by atoms with Crippen molar-refractivity contribution in [1.82, 2.24) is 4.98 Å². The van der Waals surface area contributed by atoms with Crippen molar-refractivity contribution in [2.24, 2.45) is 0 Å². The predicted octanol–water partition coefficient (Wildman–Crippen LogP) is 4.78. The molecule has 0 amide bonds. The number of ether oxygens (including phenoxy) is 2. The molecule has 3 nitrogen and oxygen atoms in total. The average Bonchev–Trinajstić information content (AvgIpc) is 2.40. The number of benzene rings is 1. The van der Waals surface area contributed by atoms with E-state index in [2.05, 4.69) is 4.98 Å². The van der Waals surface area contributed by atoms with Gasteiger partial charge >= 0.3 is 0 Å². The van der Waals surface area contributed by atoms with Crippen molar-refractivity contribution >= 4 is 45.8 Å². The standard InChI is InChI=1S/C13H9Cl2FINO2/c1-19-6-20-12-10(17)5-11(18-13(12)15)8-4-7(14)2-3-9(8)16/h2-5H,6H2,1H3. The molecule has 0 fully saturated rings. The molecule has 0 bridgehead atoms. The number of nitrogens with zero attached hydrogens (tertiary/aromatic N) is 1. The smallest absolute Gasteiger partial charge is 0.188 e. The zero-order valence-corrected chi connectivity index (χ0v) is 14.0. The first-order chi connectivity index (χ1) is 9.52. The van der Waals surface area contributed by atoms with Crippen molar-refractivity contribution in [3.8, 4) is 17.0 Å². The molecule has 0 saturated carbocycles. The van der Waals surface area contributed by atoms with E-state index in [1.807, 2.05) is 22.6 Å². The van der Waals surface area contributed by atoms with E-state index in [0.29, 0.717) is 20.0 Å². The summed E-state index contributed by atoms with van der Waals surface area (Å²) in [5, 5.41) is 0.567. The van der Waals surface area contributed by atoms with Gasteiger partial charge in [0, 0.05) is 17.7 Å². The molecular formula is C13H9Cl2FINO2. The van der Waals surface area contributed by atoms with Gasteiger partial charge in [0.25, 0.3) is 0 Å². The second kappa shape index (κ2) is 6.89. The molecule has 0 N–H and O–H groups in total. The normalized spacial score (nSPS) is 10.7. The number of aromatic nitrogens is 1. The number of hydrogen-bond acceptors (Lipinski definition) is 3. The fourth-order valence-corrected chi connectivity index (χ4v) is 2.84. The van der Waals surface area contributed by atoms with Crippen molar-refractivity contribution in [2.45, 2.75) is 0 Å². The van der Waals surface area contributed by atoms with E-state index in [0.717, 1.165) is 0 Å². The molecule has 2 aromatic rings. The Bertz CT molecular complexity index is 617. The van der Waals surface area contributed by atoms with Crippen molar-refractivity contribution < 1.29 is 13.9 Å². The lowest BCUT2D eigenvalue weighted by molar-refractivity contribution is 0.0503. The number of halogens is 4. The van der Waals surface area contributed by atoms with Crippen LogP contribution in [0.5, 0.6) is 5.75 Å². The lowest BCUT2D eigenvalue weighted by atomic mass is 10.1. The summed E-state index contributed by atoms with van der Waals surface area (Å²) in [6.07, 6.45) is 0. The summed E-state index contributed by atoms with van der Waals surface area (Å²) in [5.74, 6) is -0.0142. The summed E-state index contributed by atoms with van der Waals surface area (Å²) >= 11 is 14.0. The van der Waals surface area contributed by atoms with Crippen LogP contribution < -0.4 is 4.74 Å². The molecule has 20 heavy (non-hydrogen) atoms. The molecule has 0 spiro atoms. The zero-order chi connectivity index (χ0) is 14.7. The first kappa shape index (κ1) is 15.8. The summed E-state index contributed by atoms with van der Waals surface area (Å²) in [6, 6.07) is 5.94. The molecule has 7 heteroatoms. The maximum Gasteiger partial charge on any atom is 0.188 e. The van der Waals surface area contributed by atoms with Gasteiger partial charge in [0.05, 0.1) is 9.26 Å². The van der Waals surface area contributed by atoms with E-state index >= 15 is 0 Å². The minimum Gasteiger partial charge on any atom is -0.463 e. The van der Waals surface area contributed by atoms with Gasteiger partial charge in [-0.3, -0.25) is 0 Å². The van der Waals surface area contributed by atoms with Gasteiger partial charge in [-0.05, 0) is 46.9 Å². The van der Waals surface area contributed by atoms with Crippen LogP contribution in [0.25, 0.3) is 11.3 Å². The van der Waals surface area contributed by atoms with Crippen LogP contribution in [0.15, 0.2) is 24.3 Å². The Hall–Kier alpha value is -0.630. The second-order valence-corrected chi connectivity index (χ2v) is 5.74. The fourth-order valence-electron chi connectivity index (χ4n) is 1.55. The van der Waals surface area contributed by atoms with E-state index in [-0.39, 0.29) is 17.5 Å². The first-order valence-electron chi connectivity index (χ1n) is 5.46. The molecule has 0 radical (unpaired) electrons. The molecule has 0 aliphatic heterocycles. The second-order valence-electron chi connectivity index (χ2n) is 3.78. The van der Waals surface area contributed by atoms with Gasteiger partial charge in [-0.1, -0.05) is 23.2 Å². The molecule has 106 valence electrons. The van der Waals surface area contributed by atoms with E-state index in [9.17, 15) is 4.39 Å². The van der Waals surface area contributed by atoms with Crippen molar-refractivity contribution in [2.75, 3.05) is 13.9 Å². The lowest BCUT2D eigenvalue weighted by Crippen LogP contribution is -2.02. The third-order valence-corrected chi connectivity index (χ3v) is 3.70. The SMILES string of the molecule is COCOc1c(I)cc(-c2cc(Cl)ccc2F)nc1Cl. The van der Waals surface area contributed by atoms with E-state index < -0.39 is 5.82 Å². The highest BCUT2D eigenvalue weighted by Gasteiger charge is 2.14. The van der Waals surface area contributed by atoms with Crippen LogP contribution in [0.4, 0.5) is 4.39 Å². The quantitative estimate of drug-likeness (QED) is 0.399. The highest BCUT2D eigenvalue weighted by atomic mass is 127. The topological polar surface area (TPSA) is 31.4 Å². The summed E-state index contributed by atoms with van der Waals surface area (Å²) in [5.41, 5.74) is 0.680. The minimum absolute atomic E-state index is 0.0578. The van der Waals surface area contributed by atoms with Crippen LogP contribution in [0.1, 0.15) is 0 Å².